The molecule has 1 aromatic carbocycles. The fraction of sp³-hybridized carbons (Fsp3) is 0.222. The molecular formula is C9H9ClN2O. The number of hydrogen-bond acceptors (Lipinski definition) is 2. The average Bonchev–Trinajstić information content (AvgIpc) is 2.63. The molecule has 0 aliphatic heterocycles. The average molecular weight is 197 g/mol. The Morgan fingerprint density at radius 2 is 2.38 bits per heavy atom. The molecule has 0 aliphatic rings. The van der Waals surface area contributed by atoms with Crippen molar-refractivity contribution in [2.24, 2.45) is 0 Å². The van der Waals surface area contributed by atoms with Gasteiger partial charge in [0.1, 0.15) is 5.52 Å². The summed E-state index contributed by atoms with van der Waals surface area (Å²) < 4.78 is 5.24. The van der Waals surface area contributed by atoms with Crippen molar-refractivity contribution in [2.75, 3.05) is 7.11 Å². The number of aromatic nitrogens is 2. The number of imidazole rings is 1. The topological polar surface area (TPSA) is 37.9 Å². The first-order valence-corrected chi connectivity index (χ1v) is 4.45. The SMILES string of the molecule is COc1c(CCl)ccc2[nH]cnc12. The Labute approximate surface area is 80.7 Å². The van der Waals surface area contributed by atoms with Crippen molar-refractivity contribution >= 4 is 22.6 Å². The van der Waals surface area contributed by atoms with Crippen LogP contribution in [-0.4, -0.2) is 17.1 Å². The lowest BCUT2D eigenvalue weighted by atomic mass is 10.2. The first-order valence-electron chi connectivity index (χ1n) is 3.91. The van der Waals surface area contributed by atoms with Gasteiger partial charge in [-0.25, -0.2) is 4.98 Å². The van der Waals surface area contributed by atoms with Crippen LogP contribution >= 0.6 is 11.6 Å². The van der Waals surface area contributed by atoms with Gasteiger partial charge in [-0.05, 0) is 6.07 Å². The molecule has 2 aromatic rings. The van der Waals surface area contributed by atoms with Crippen LogP contribution < -0.4 is 4.74 Å². The quantitative estimate of drug-likeness (QED) is 0.749. The maximum Gasteiger partial charge on any atom is 0.151 e. The Kier molecular flexibility index (Phi) is 2.10. The van der Waals surface area contributed by atoms with Gasteiger partial charge in [-0.3, -0.25) is 0 Å². The highest BCUT2D eigenvalue weighted by molar-refractivity contribution is 6.17. The van der Waals surface area contributed by atoms with E-state index in [4.69, 9.17) is 16.3 Å². The second-order valence-electron chi connectivity index (χ2n) is 2.69. The molecular weight excluding hydrogens is 188 g/mol. The lowest BCUT2D eigenvalue weighted by Crippen LogP contribution is -1.90. The Bertz CT molecular complexity index is 424. The molecule has 3 nitrogen and oxygen atoms in total. The third kappa shape index (κ3) is 1.25. The maximum absolute atomic E-state index is 5.76. The van der Waals surface area contributed by atoms with Crippen LogP contribution in [0.4, 0.5) is 0 Å². The minimum Gasteiger partial charge on any atom is -0.494 e. The largest absolute Gasteiger partial charge is 0.494 e. The number of aromatic amines is 1. The van der Waals surface area contributed by atoms with Crippen LogP contribution in [0.25, 0.3) is 11.0 Å². The molecule has 0 saturated carbocycles. The zero-order valence-electron chi connectivity index (χ0n) is 7.17. The number of nitrogens with one attached hydrogen (secondary N) is 1. The summed E-state index contributed by atoms with van der Waals surface area (Å²) in [7, 11) is 1.62. The van der Waals surface area contributed by atoms with Crippen LogP contribution in [0.3, 0.4) is 0 Å². The molecule has 4 heteroatoms. The second kappa shape index (κ2) is 3.26. The van der Waals surface area contributed by atoms with Gasteiger partial charge in [0.05, 0.1) is 24.8 Å². The van der Waals surface area contributed by atoms with Gasteiger partial charge in [-0.15, -0.1) is 11.6 Å². The summed E-state index contributed by atoms with van der Waals surface area (Å²) in [6.07, 6.45) is 1.64. The smallest absolute Gasteiger partial charge is 0.151 e. The normalized spacial score (nSPS) is 10.6. The summed E-state index contributed by atoms with van der Waals surface area (Å²) in [5.41, 5.74) is 2.76. The van der Waals surface area contributed by atoms with E-state index < -0.39 is 0 Å². The number of H-pyrrole nitrogens is 1. The fourth-order valence-corrected chi connectivity index (χ4v) is 1.57. The second-order valence-corrected chi connectivity index (χ2v) is 2.96. The van der Waals surface area contributed by atoms with Gasteiger partial charge in [-0.1, -0.05) is 6.07 Å². The van der Waals surface area contributed by atoms with Gasteiger partial charge in [0.15, 0.2) is 5.75 Å². The van der Waals surface area contributed by atoms with Crippen molar-refractivity contribution in [3.05, 3.63) is 24.0 Å². The van der Waals surface area contributed by atoms with E-state index in [-0.39, 0.29) is 0 Å². The molecule has 1 N–H and O–H groups in total. The fourth-order valence-electron chi connectivity index (χ4n) is 1.36. The minimum atomic E-state index is 0.436. The highest BCUT2D eigenvalue weighted by Gasteiger charge is 2.08. The van der Waals surface area contributed by atoms with E-state index in [1.165, 1.54) is 0 Å². The van der Waals surface area contributed by atoms with Gasteiger partial charge in [0.2, 0.25) is 0 Å². The maximum atomic E-state index is 5.76. The van der Waals surface area contributed by atoms with Crippen molar-refractivity contribution in [1.82, 2.24) is 9.97 Å². The van der Waals surface area contributed by atoms with E-state index in [1.807, 2.05) is 12.1 Å². The number of hydrogen-bond donors (Lipinski definition) is 1. The molecule has 0 atom stereocenters. The van der Waals surface area contributed by atoms with Crippen LogP contribution in [0.1, 0.15) is 5.56 Å². The van der Waals surface area contributed by atoms with Gasteiger partial charge < -0.3 is 9.72 Å². The number of nitrogens with zero attached hydrogens (tertiary/aromatic N) is 1. The molecule has 0 amide bonds. The van der Waals surface area contributed by atoms with Gasteiger partial charge in [-0.2, -0.15) is 0 Å². The molecule has 0 radical (unpaired) electrons. The molecule has 13 heavy (non-hydrogen) atoms. The summed E-state index contributed by atoms with van der Waals surface area (Å²) in [4.78, 5) is 7.17. The molecule has 0 aliphatic carbocycles. The van der Waals surface area contributed by atoms with E-state index in [1.54, 1.807) is 13.4 Å². The summed E-state index contributed by atoms with van der Waals surface area (Å²) >= 11 is 5.76. The summed E-state index contributed by atoms with van der Waals surface area (Å²) in [5.74, 6) is 1.19. The number of methoxy groups -OCH3 is 1. The number of ether oxygens (including phenoxy) is 1. The molecule has 1 heterocycles. The Hall–Kier alpha value is -1.22. The third-order valence-corrected chi connectivity index (χ3v) is 2.26. The van der Waals surface area contributed by atoms with Crippen molar-refractivity contribution in [3.63, 3.8) is 0 Å². The van der Waals surface area contributed by atoms with Gasteiger partial charge in [0.25, 0.3) is 0 Å². The van der Waals surface area contributed by atoms with Crippen LogP contribution in [0, 0.1) is 0 Å². The van der Waals surface area contributed by atoms with Crippen LogP contribution in [0.15, 0.2) is 18.5 Å². The van der Waals surface area contributed by atoms with E-state index in [2.05, 4.69) is 9.97 Å². The van der Waals surface area contributed by atoms with Crippen molar-refractivity contribution in [3.8, 4) is 5.75 Å². The molecule has 68 valence electrons. The molecule has 0 fully saturated rings. The molecule has 2 rings (SSSR count). The highest BCUT2D eigenvalue weighted by Crippen LogP contribution is 2.28. The Morgan fingerprint density at radius 3 is 3.08 bits per heavy atom. The zero-order valence-corrected chi connectivity index (χ0v) is 7.93. The predicted octanol–water partition coefficient (Wildman–Crippen LogP) is 2.31. The van der Waals surface area contributed by atoms with Crippen molar-refractivity contribution in [1.29, 1.82) is 0 Å². The Balaban J connectivity index is 2.74. The lowest BCUT2D eigenvalue weighted by molar-refractivity contribution is 0.415. The number of rotatable bonds is 2. The van der Waals surface area contributed by atoms with Gasteiger partial charge >= 0.3 is 0 Å². The predicted molar refractivity (Wildman–Crippen MR) is 52.2 cm³/mol. The highest BCUT2D eigenvalue weighted by atomic mass is 35.5. The van der Waals surface area contributed by atoms with Gasteiger partial charge in [0, 0.05) is 5.56 Å². The summed E-state index contributed by atoms with van der Waals surface area (Å²) in [5, 5.41) is 0. The van der Waals surface area contributed by atoms with E-state index >= 15 is 0 Å². The van der Waals surface area contributed by atoms with Crippen molar-refractivity contribution in [2.45, 2.75) is 5.88 Å². The number of halogens is 1. The Morgan fingerprint density at radius 1 is 1.54 bits per heavy atom. The van der Waals surface area contributed by atoms with E-state index in [9.17, 15) is 0 Å². The first-order chi connectivity index (χ1) is 6.36. The third-order valence-electron chi connectivity index (χ3n) is 1.97. The van der Waals surface area contributed by atoms with E-state index in [0.29, 0.717) is 5.88 Å². The van der Waals surface area contributed by atoms with Crippen LogP contribution in [-0.2, 0) is 5.88 Å². The minimum absolute atomic E-state index is 0.436. The molecule has 0 spiro atoms. The van der Waals surface area contributed by atoms with Crippen LogP contribution in [0.5, 0.6) is 5.75 Å². The van der Waals surface area contributed by atoms with Crippen molar-refractivity contribution < 1.29 is 4.74 Å². The molecule has 0 saturated heterocycles. The number of fused-ring (bicyclic) bond motifs is 1. The molecule has 0 unspecified atom stereocenters. The standard InChI is InChI=1S/C9H9ClN2O/c1-13-9-6(4-10)2-3-7-8(9)12-5-11-7/h2-3,5H,4H2,1H3,(H,11,12). The number of alkyl halides is 1. The summed E-state index contributed by atoms with van der Waals surface area (Å²) in [6.45, 7) is 0. The molecule has 0 bridgehead atoms. The first kappa shape index (κ1) is 8.38. The monoisotopic (exact) mass is 196 g/mol. The summed E-state index contributed by atoms with van der Waals surface area (Å²) in [6, 6.07) is 3.88. The molecule has 1 aromatic heterocycles. The lowest BCUT2D eigenvalue weighted by Gasteiger charge is -2.05. The zero-order chi connectivity index (χ0) is 9.26. The van der Waals surface area contributed by atoms with Crippen LogP contribution in [0.2, 0.25) is 0 Å². The van der Waals surface area contributed by atoms with E-state index in [0.717, 1.165) is 22.3 Å². The number of benzene rings is 1.